The van der Waals surface area contributed by atoms with Crippen molar-refractivity contribution >= 4 is 59.2 Å². The molecule has 0 unspecified atom stereocenters. The van der Waals surface area contributed by atoms with Gasteiger partial charge in [-0.05, 0) is 115 Å². The number of carboxylic acid groups (broad SMARTS) is 1. The summed E-state index contributed by atoms with van der Waals surface area (Å²) in [6, 6.07) is 26.2. The zero-order chi connectivity index (χ0) is 66.0. The average molecular weight is 1220 g/mol. The molecule has 0 aliphatic carbocycles. The summed E-state index contributed by atoms with van der Waals surface area (Å²) >= 11 is 0. The smallest absolute Gasteiger partial charge is 0.322 e. The van der Waals surface area contributed by atoms with Gasteiger partial charge in [0.2, 0.25) is 47.3 Å². The molecular weight excluding hydrogens is 1130 g/mol. The highest BCUT2D eigenvalue weighted by Gasteiger charge is 2.42. The highest BCUT2D eigenvalue weighted by atomic mass is 16.6. The van der Waals surface area contributed by atoms with Crippen molar-refractivity contribution in [3.63, 3.8) is 0 Å². The molecule has 88 heavy (non-hydrogen) atoms. The van der Waals surface area contributed by atoms with Gasteiger partial charge >= 0.3 is 11.9 Å². The van der Waals surface area contributed by atoms with Gasteiger partial charge in [-0.25, -0.2) is 0 Å². The van der Waals surface area contributed by atoms with Gasteiger partial charge in [-0.15, -0.1) is 0 Å². The summed E-state index contributed by atoms with van der Waals surface area (Å²) in [7, 11) is 0. The van der Waals surface area contributed by atoms with Gasteiger partial charge in [-0.3, -0.25) is 47.9 Å². The van der Waals surface area contributed by atoms with Crippen molar-refractivity contribution in [3.8, 4) is 5.75 Å². The molecule has 0 fully saturated rings. The Hall–Kier alpha value is -8.66. The van der Waals surface area contributed by atoms with E-state index in [-0.39, 0.29) is 12.8 Å². The maximum Gasteiger partial charge on any atom is 0.322 e. The van der Waals surface area contributed by atoms with Crippen molar-refractivity contribution in [1.29, 1.82) is 0 Å². The molecule has 11 N–H and O–H groups in total. The van der Waals surface area contributed by atoms with E-state index in [1.54, 1.807) is 72.7 Å². The first-order valence-electron chi connectivity index (χ1n) is 29.6. The SMILES string of the molecule is CC[C@H](C)[C@H](NC(=O)[C@H](Cc1ccc(OC(C)(C)C)cc1)NC(=O)[C@H](CC(=O)OC(C)(C)C)NC(=O)[C@@H](NC(=O)C(C)(C)NC(=O)C(C)(C)N)[C@@H](C)CC)C(=O)N[C@@H](CC(=O)NC(c1ccccc1)(c1ccccc1)c1ccccc1)C(=O)NCC(=O)O. The largest absolute Gasteiger partial charge is 0.488 e. The normalized spacial score (nSPS) is 14.3. The van der Waals surface area contributed by atoms with Crippen molar-refractivity contribution in [3.05, 3.63) is 138 Å². The van der Waals surface area contributed by atoms with Crippen LogP contribution in [0.2, 0.25) is 0 Å². The van der Waals surface area contributed by atoms with Crippen LogP contribution in [0.4, 0.5) is 0 Å². The zero-order valence-corrected chi connectivity index (χ0v) is 53.2. The third-order valence-electron chi connectivity index (χ3n) is 14.4. The van der Waals surface area contributed by atoms with Crippen LogP contribution >= 0.6 is 0 Å². The third-order valence-corrected chi connectivity index (χ3v) is 14.4. The first-order valence-corrected chi connectivity index (χ1v) is 29.6. The van der Waals surface area contributed by atoms with Crippen LogP contribution in [-0.2, 0) is 64.6 Å². The molecule has 0 bridgehead atoms. The molecule has 0 aliphatic rings. The number of nitrogens with two attached hydrogens (primary N) is 1. The minimum Gasteiger partial charge on any atom is -0.488 e. The Morgan fingerprint density at radius 1 is 0.500 bits per heavy atom. The number of ether oxygens (including phenoxy) is 2. The molecule has 478 valence electrons. The van der Waals surface area contributed by atoms with E-state index < -0.39 is 148 Å². The van der Waals surface area contributed by atoms with Crippen LogP contribution in [0.25, 0.3) is 0 Å². The van der Waals surface area contributed by atoms with Crippen LogP contribution in [0.1, 0.15) is 145 Å². The second-order valence-corrected chi connectivity index (χ2v) is 25.3. The highest BCUT2D eigenvalue weighted by Crippen LogP contribution is 2.37. The lowest BCUT2D eigenvalue weighted by Gasteiger charge is -2.37. The van der Waals surface area contributed by atoms with E-state index in [0.717, 1.165) is 0 Å². The van der Waals surface area contributed by atoms with Gasteiger partial charge < -0.3 is 62.8 Å². The average Bonchev–Trinajstić information content (AvgIpc) is 2.38. The summed E-state index contributed by atoms with van der Waals surface area (Å²) in [5.41, 5.74) is 2.55. The Bertz CT molecular complexity index is 2950. The zero-order valence-electron chi connectivity index (χ0n) is 53.2. The Labute approximate surface area is 516 Å². The number of carboxylic acids is 1. The van der Waals surface area contributed by atoms with Gasteiger partial charge in [0, 0.05) is 6.42 Å². The van der Waals surface area contributed by atoms with Crippen LogP contribution in [0.5, 0.6) is 5.75 Å². The van der Waals surface area contributed by atoms with Gasteiger partial charge in [-0.2, -0.15) is 0 Å². The van der Waals surface area contributed by atoms with Crippen molar-refractivity contribution < 1.29 is 62.5 Å². The number of benzene rings is 4. The molecule has 0 radical (unpaired) electrons. The fourth-order valence-corrected chi connectivity index (χ4v) is 9.25. The third kappa shape index (κ3) is 21.6. The number of amides is 8. The van der Waals surface area contributed by atoms with Gasteiger partial charge in [0.25, 0.3) is 0 Å². The standard InChI is InChI=1S/C66H91N9O13/c1-15-40(3)53(58(83)70-48(55(80)68-39-51(77)78)37-50(76)74-66(43-26-20-17-21-27-43,44-28-22-18-23-29-44)45-30-24-19-25-31-45)72-57(82)47(36-42-32-34-46(35-33-42)87-62(5,6)7)69-56(81)49(38-52(79)88-63(8,9)10)71-59(84)54(41(4)16-2)73-61(86)65(13,14)75-60(85)64(11,12)67/h17-35,40-41,47-49,53-54H,15-16,36-39,67H2,1-14H3,(H,68,80)(H,69,81)(H,70,83)(H,71,84)(H,72,82)(H,73,86)(H,74,76)(H,75,85)(H,77,78)/t40-,41-,47-,48-,49-,53-,54-/m0/s1. The van der Waals surface area contributed by atoms with E-state index >= 15 is 4.79 Å². The van der Waals surface area contributed by atoms with Gasteiger partial charge in [0.1, 0.15) is 64.8 Å². The molecule has 22 heteroatoms. The number of rotatable bonds is 30. The van der Waals surface area contributed by atoms with Crippen molar-refractivity contribution in [2.45, 2.75) is 187 Å². The Morgan fingerprint density at radius 3 is 1.35 bits per heavy atom. The van der Waals surface area contributed by atoms with Gasteiger partial charge in [0.05, 0.1) is 18.4 Å². The molecule has 22 nitrogen and oxygen atoms in total. The minimum absolute atomic E-state index is 0.242. The number of carbonyl (C=O) groups excluding carboxylic acids is 9. The number of carbonyl (C=O) groups is 10. The molecule has 4 aromatic rings. The molecule has 8 amide bonds. The first kappa shape index (κ1) is 71.8. The van der Waals surface area contributed by atoms with Crippen LogP contribution in [0.15, 0.2) is 115 Å². The minimum atomic E-state index is -1.75. The van der Waals surface area contributed by atoms with Crippen molar-refractivity contribution in [1.82, 2.24) is 42.5 Å². The first-order chi connectivity index (χ1) is 41.0. The molecule has 4 rings (SSSR count). The summed E-state index contributed by atoms with van der Waals surface area (Å²) in [6.45, 7) is 22.2. The predicted molar refractivity (Wildman–Crippen MR) is 333 cm³/mol. The Kier molecular flexibility index (Phi) is 25.6. The maximum atomic E-state index is 15.0. The predicted octanol–water partition coefficient (Wildman–Crippen LogP) is 4.99. The monoisotopic (exact) mass is 1220 g/mol. The van der Waals surface area contributed by atoms with E-state index in [0.29, 0.717) is 34.4 Å². The maximum absolute atomic E-state index is 15.0. The van der Waals surface area contributed by atoms with E-state index in [1.807, 2.05) is 112 Å². The molecule has 7 atom stereocenters. The summed E-state index contributed by atoms with van der Waals surface area (Å²) in [6.07, 6.45) is -1.10. The summed E-state index contributed by atoms with van der Waals surface area (Å²) in [5, 5.41) is 31.0. The lowest BCUT2D eigenvalue weighted by atomic mass is 9.77. The molecule has 0 saturated heterocycles. The van der Waals surface area contributed by atoms with Crippen LogP contribution in [0.3, 0.4) is 0 Å². The van der Waals surface area contributed by atoms with Crippen LogP contribution in [-0.4, -0.2) is 123 Å². The van der Waals surface area contributed by atoms with Gasteiger partial charge in [0.15, 0.2) is 0 Å². The lowest BCUT2D eigenvalue weighted by Crippen LogP contribution is -2.64. The van der Waals surface area contributed by atoms with Crippen molar-refractivity contribution in [2.75, 3.05) is 6.54 Å². The quantitative estimate of drug-likeness (QED) is 0.0243. The van der Waals surface area contributed by atoms with E-state index in [4.69, 9.17) is 15.2 Å². The van der Waals surface area contributed by atoms with E-state index in [1.165, 1.54) is 27.7 Å². The number of aliphatic carboxylic acids is 1. The molecule has 0 heterocycles. The summed E-state index contributed by atoms with van der Waals surface area (Å²) < 4.78 is 11.6. The highest BCUT2D eigenvalue weighted by molar-refractivity contribution is 6.00. The number of hydrogen-bond donors (Lipinski definition) is 10. The van der Waals surface area contributed by atoms with Crippen LogP contribution in [0, 0.1) is 11.8 Å². The molecule has 0 saturated carbocycles. The fraction of sp³-hybridized carbons (Fsp3) is 0.485. The van der Waals surface area contributed by atoms with E-state index in [9.17, 15) is 48.3 Å². The second kappa shape index (κ2) is 31.3. The molecule has 0 aliphatic heterocycles. The Balaban J connectivity index is 1.77. The molecule has 0 spiro atoms. The second-order valence-electron chi connectivity index (χ2n) is 25.3. The molecular formula is C66H91N9O13. The number of esters is 1. The summed E-state index contributed by atoms with van der Waals surface area (Å²) in [5.74, 6) is -10.0. The fourth-order valence-electron chi connectivity index (χ4n) is 9.25. The lowest BCUT2D eigenvalue weighted by molar-refractivity contribution is -0.156. The van der Waals surface area contributed by atoms with Crippen molar-refractivity contribution in [2.24, 2.45) is 17.6 Å². The summed E-state index contributed by atoms with van der Waals surface area (Å²) in [4.78, 5) is 140. The Morgan fingerprint density at radius 2 is 0.932 bits per heavy atom. The van der Waals surface area contributed by atoms with Crippen LogP contribution < -0.4 is 53.0 Å². The molecule has 4 aromatic carbocycles. The number of nitrogens with one attached hydrogen (secondary N) is 8. The topological polar surface area (TPSA) is 332 Å². The van der Waals surface area contributed by atoms with E-state index in [2.05, 4.69) is 42.5 Å². The molecule has 0 aromatic heterocycles. The van der Waals surface area contributed by atoms with Gasteiger partial charge in [-0.1, -0.05) is 144 Å². The number of hydrogen-bond acceptors (Lipinski definition) is 13.